The quantitative estimate of drug-likeness (QED) is 0.741. The van der Waals surface area contributed by atoms with Crippen molar-refractivity contribution in [3.8, 4) is 11.5 Å². The Morgan fingerprint density at radius 3 is 2.52 bits per heavy atom. The van der Waals surface area contributed by atoms with Crippen LogP contribution in [0.15, 0.2) is 30.5 Å². The molecule has 0 saturated heterocycles. The molecule has 1 aromatic carbocycles. The van der Waals surface area contributed by atoms with E-state index in [1.54, 1.807) is 26.6 Å². The fraction of sp³-hybridized carbons (Fsp3) is 0.450. The van der Waals surface area contributed by atoms with Crippen molar-refractivity contribution in [3.05, 3.63) is 47.3 Å². The topological polar surface area (TPSA) is 69.7 Å². The highest BCUT2D eigenvalue weighted by Gasteiger charge is 2.35. The van der Waals surface area contributed by atoms with Crippen LogP contribution in [0, 0.1) is 6.92 Å². The van der Waals surface area contributed by atoms with Gasteiger partial charge in [0, 0.05) is 36.9 Å². The Hall–Kier alpha value is -2.04. The van der Waals surface area contributed by atoms with Crippen molar-refractivity contribution in [2.75, 3.05) is 25.8 Å². The second-order valence-electron chi connectivity index (χ2n) is 7.61. The van der Waals surface area contributed by atoms with E-state index in [9.17, 15) is 4.57 Å². The lowest BCUT2D eigenvalue weighted by atomic mass is 10.1. The van der Waals surface area contributed by atoms with Crippen LogP contribution in [0.5, 0.6) is 11.5 Å². The predicted octanol–water partition coefficient (Wildman–Crippen LogP) is 4.78. The minimum Gasteiger partial charge on any atom is -0.497 e. The summed E-state index contributed by atoms with van der Waals surface area (Å²) in [6, 6.07) is 7.55. The largest absolute Gasteiger partial charge is 0.497 e. The van der Waals surface area contributed by atoms with Gasteiger partial charge in [-0.2, -0.15) is 0 Å². The maximum absolute atomic E-state index is 13.1. The molecule has 1 aromatic heterocycles. The minimum absolute atomic E-state index is 0.391. The van der Waals surface area contributed by atoms with Crippen LogP contribution in [-0.2, 0) is 15.9 Å². The maximum Gasteiger partial charge on any atom is 0.205 e. The number of anilines is 1. The van der Waals surface area contributed by atoms with Crippen molar-refractivity contribution in [3.63, 3.8) is 0 Å². The van der Waals surface area contributed by atoms with E-state index in [1.807, 2.05) is 45.0 Å². The van der Waals surface area contributed by atoms with Gasteiger partial charge in [0.25, 0.3) is 0 Å². The Labute approximate surface area is 160 Å². The summed E-state index contributed by atoms with van der Waals surface area (Å²) in [7, 11) is -0.941. The highest BCUT2D eigenvalue weighted by Crippen LogP contribution is 2.54. The number of hydrogen-bond acceptors (Lipinski definition) is 6. The van der Waals surface area contributed by atoms with E-state index in [4.69, 9.17) is 14.2 Å². The van der Waals surface area contributed by atoms with Crippen molar-refractivity contribution in [1.82, 2.24) is 4.98 Å². The lowest BCUT2D eigenvalue weighted by Crippen LogP contribution is -2.36. The van der Waals surface area contributed by atoms with E-state index in [-0.39, 0.29) is 0 Å². The molecule has 1 unspecified atom stereocenters. The van der Waals surface area contributed by atoms with Gasteiger partial charge in [0.2, 0.25) is 5.79 Å². The summed E-state index contributed by atoms with van der Waals surface area (Å²) in [4.78, 5) is 4.50. The molecule has 1 atom stereocenters. The maximum atomic E-state index is 13.1. The van der Waals surface area contributed by atoms with Gasteiger partial charge in [-0.3, -0.25) is 4.98 Å². The van der Waals surface area contributed by atoms with Crippen molar-refractivity contribution < 1.29 is 18.8 Å². The molecule has 0 fully saturated rings. The molecule has 3 rings (SSSR count). The van der Waals surface area contributed by atoms with Gasteiger partial charge < -0.3 is 24.1 Å². The number of hydrogen-bond donors (Lipinski definition) is 1. The van der Waals surface area contributed by atoms with E-state index in [0.717, 1.165) is 34.0 Å². The average molecular weight is 390 g/mol. The Bertz CT molecular complexity index is 874. The Kier molecular flexibility index (Phi) is 5.24. The molecule has 0 bridgehead atoms. The third kappa shape index (κ3) is 4.28. The number of methoxy groups -OCH3 is 1. The number of fused-ring (bicyclic) bond motifs is 1. The monoisotopic (exact) mass is 390 g/mol. The Morgan fingerprint density at radius 1 is 1.26 bits per heavy atom. The van der Waals surface area contributed by atoms with Gasteiger partial charge in [-0.15, -0.1) is 0 Å². The molecule has 146 valence electrons. The molecule has 0 saturated carbocycles. The molecule has 2 aromatic rings. The number of pyridine rings is 1. The first-order valence-electron chi connectivity index (χ1n) is 8.87. The summed E-state index contributed by atoms with van der Waals surface area (Å²) in [6.45, 7) is 9.60. The molecule has 1 aliphatic rings. The van der Waals surface area contributed by atoms with Gasteiger partial charge in [0.1, 0.15) is 24.4 Å². The molecule has 0 radical (unpaired) electrons. The van der Waals surface area contributed by atoms with Crippen LogP contribution in [0.25, 0.3) is 0 Å². The highest BCUT2D eigenvalue weighted by molar-refractivity contribution is 7.62. The van der Waals surface area contributed by atoms with E-state index in [1.165, 1.54) is 0 Å². The van der Waals surface area contributed by atoms with Gasteiger partial charge in [-0.25, -0.2) is 0 Å². The molecular formula is C20H27N2O4P. The van der Waals surface area contributed by atoms with Crippen LogP contribution in [0.4, 0.5) is 5.69 Å². The number of nitrogens with one attached hydrogen (secondary N) is 1. The van der Waals surface area contributed by atoms with E-state index < -0.39 is 18.7 Å². The second-order valence-corrected chi connectivity index (χ2v) is 11.0. The van der Waals surface area contributed by atoms with Crippen molar-refractivity contribution >= 4 is 12.8 Å². The Morgan fingerprint density at radius 2 is 1.93 bits per heavy atom. The van der Waals surface area contributed by atoms with Crippen LogP contribution in [-0.4, -0.2) is 31.2 Å². The van der Waals surface area contributed by atoms with E-state index in [2.05, 4.69) is 10.3 Å². The lowest BCUT2D eigenvalue weighted by molar-refractivity contribution is -0.180. The van der Waals surface area contributed by atoms with Gasteiger partial charge in [0.15, 0.2) is 0 Å². The number of ether oxygens (including phenoxy) is 3. The standard InChI is InChI=1S/C20H27N2O4P/c1-13-18-17(12-25-20(2,3)26-18)16(11-21-13)19(27(5,6)23)22-14-7-9-15(24-4)10-8-14/h7-11,19,22H,12H2,1-6H3. The van der Waals surface area contributed by atoms with Gasteiger partial charge in [-0.05, 0) is 44.5 Å². The van der Waals surface area contributed by atoms with Crippen molar-refractivity contribution in [2.24, 2.45) is 0 Å². The van der Waals surface area contributed by atoms with Crippen molar-refractivity contribution in [1.29, 1.82) is 0 Å². The predicted molar refractivity (Wildman–Crippen MR) is 107 cm³/mol. The molecule has 2 heterocycles. The number of benzene rings is 1. The van der Waals surface area contributed by atoms with Crippen molar-refractivity contribution in [2.45, 2.75) is 38.9 Å². The first kappa shape index (κ1) is 19.7. The van der Waals surface area contributed by atoms with Crippen LogP contribution in [0.2, 0.25) is 0 Å². The molecule has 0 amide bonds. The summed E-state index contributed by atoms with van der Waals surface area (Å²) in [6.07, 6.45) is 1.78. The molecular weight excluding hydrogens is 363 g/mol. The summed E-state index contributed by atoms with van der Waals surface area (Å²) >= 11 is 0. The van der Waals surface area contributed by atoms with Crippen LogP contribution >= 0.6 is 7.14 Å². The fourth-order valence-corrected chi connectivity index (χ4v) is 4.46. The van der Waals surface area contributed by atoms with Gasteiger partial charge in [-0.1, -0.05) is 0 Å². The summed E-state index contributed by atoms with van der Waals surface area (Å²) in [5, 5.41) is 3.41. The van der Waals surface area contributed by atoms with Crippen LogP contribution in [0.3, 0.4) is 0 Å². The molecule has 27 heavy (non-hydrogen) atoms. The molecule has 7 heteroatoms. The van der Waals surface area contributed by atoms with Gasteiger partial charge in [0.05, 0.1) is 19.4 Å². The number of aromatic nitrogens is 1. The van der Waals surface area contributed by atoms with E-state index >= 15 is 0 Å². The number of nitrogens with zero attached hydrogens (tertiary/aromatic N) is 1. The molecule has 6 nitrogen and oxygen atoms in total. The first-order chi connectivity index (χ1) is 12.6. The third-order valence-corrected chi connectivity index (χ3v) is 6.22. The third-order valence-electron chi connectivity index (χ3n) is 4.57. The minimum atomic E-state index is -2.57. The highest BCUT2D eigenvalue weighted by atomic mass is 31.2. The molecule has 0 aliphatic carbocycles. The fourth-order valence-electron chi connectivity index (χ4n) is 3.11. The first-order valence-corrected chi connectivity index (χ1v) is 11.5. The SMILES string of the molecule is COc1ccc(NC(c2cnc(C)c3c2COC(C)(C)O3)P(C)(C)=O)cc1. The smallest absolute Gasteiger partial charge is 0.205 e. The van der Waals surface area contributed by atoms with Gasteiger partial charge >= 0.3 is 0 Å². The second kappa shape index (κ2) is 7.17. The number of aryl methyl sites for hydroxylation is 1. The zero-order valence-electron chi connectivity index (χ0n) is 16.7. The summed E-state index contributed by atoms with van der Waals surface area (Å²) in [5.41, 5.74) is 3.40. The van der Waals surface area contributed by atoms with Crippen LogP contribution in [0.1, 0.15) is 36.5 Å². The lowest BCUT2D eigenvalue weighted by Gasteiger charge is -2.36. The summed E-state index contributed by atoms with van der Waals surface area (Å²) < 4.78 is 30.2. The normalized spacial score (nSPS) is 16.8. The molecule has 1 N–H and O–H groups in total. The number of rotatable bonds is 5. The molecule has 0 spiro atoms. The zero-order chi connectivity index (χ0) is 19.8. The summed E-state index contributed by atoms with van der Waals surface area (Å²) in [5.74, 6) is 0.380. The molecule has 1 aliphatic heterocycles. The Balaban J connectivity index is 2.02. The average Bonchev–Trinajstić information content (AvgIpc) is 2.60. The zero-order valence-corrected chi connectivity index (χ0v) is 17.6. The van der Waals surface area contributed by atoms with E-state index in [0.29, 0.717) is 6.61 Å². The van der Waals surface area contributed by atoms with Crippen LogP contribution < -0.4 is 14.8 Å².